The van der Waals surface area contributed by atoms with Gasteiger partial charge in [0.1, 0.15) is 17.0 Å². The van der Waals surface area contributed by atoms with Gasteiger partial charge in [0.25, 0.3) is 11.5 Å². The van der Waals surface area contributed by atoms with Gasteiger partial charge >= 0.3 is 0 Å². The van der Waals surface area contributed by atoms with E-state index in [9.17, 15) is 9.59 Å². The van der Waals surface area contributed by atoms with Gasteiger partial charge in [-0.25, -0.2) is 15.0 Å². The molecule has 1 aliphatic rings. The summed E-state index contributed by atoms with van der Waals surface area (Å²) >= 11 is 0. The van der Waals surface area contributed by atoms with Crippen molar-refractivity contribution in [2.75, 3.05) is 6.54 Å². The SMILES string of the molecule is Cc1nc(CCNC(=O)c2cnc3ccccn3c2=O)nc2c1CCCC2. The number of amides is 1. The van der Waals surface area contributed by atoms with E-state index in [-0.39, 0.29) is 11.1 Å². The van der Waals surface area contributed by atoms with E-state index in [1.807, 2.05) is 6.92 Å². The van der Waals surface area contributed by atoms with Gasteiger partial charge in [-0.1, -0.05) is 6.07 Å². The first-order valence-electron chi connectivity index (χ1n) is 9.23. The predicted molar refractivity (Wildman–Crippen MR) is 101 cm³/mol. The second kappa shape index (κ2) is 7.26. The Kier molecular flexibility index (Phi) is 4.66. The summed E-state index contributed by atoms with van der Waals surface area (Å²) < 4.78 is 1.37. The highest BCUT2D eigenvalue weighted by Gasteiger charge is 2.16. The normalized spacial score (nSPS) is 13.4. The minimum absolute atomic E-state index is 0.0289. The summed E-state index contributed by atoms with van der Waals surface area (Å²) in [6.07, 6.45) is 7.87. The predicted octanol–water partition coefficient (Wildman–Crippen LogP) is 1.64. The Bertz CT molecular complexity index is 1070. The zero-order valence-corrected chi connectivity index (χ0v) is 15.2. The Labute approximate surface area is 156 Å². The molecule has 0 radical (unpaired) electrons. The smallest absolute Gasteiger partial charge is 0.270 e. The highest BCUT2D eigenvalue weighted by molar-refractivity contribution is 5.93. The van der Waals surface area contributed by atoms with Crippen LogP contribution in [0.15, 0.2) is 35.4 Å². The lowest BCUT2D eigenvalue weighted by Gasteiger charge is -2.17. The molecule has 0 aromatic carbocycles. The van der Waals surface area contributed by atoms with E-state index < -0.39 is 5.91 Å². The lowest BCUT2D eigenvalue weighted by Crippen LogP contribution is -2.33. The summed E-state index contributed by atoms with van der Waals surface area (Å²) in [5.41, 5.74) is 3.63. The van der Waals surface area contributed by atoms with Crippen LogP contribution in [0.3, 0.4) is 0 Å². The summed E-state index contributed by atoms with van der Waals surface area (Å²) in [5, 5.41) is 2.78. The number of fused-ring (bicyclic) bond motifs is 2. The molecule has 7 heteroatoms. The van der Waals surface area contributed by atoms with Crippen LogP contribution in [0.2, 0.25) is 0 Å². The summed E-state index contributed by atoms with van der Waals surface area (Å²) in [6.45, 7) is 2.39. The summed E-state index contributed by atoms with van der Waals surface area (Å²) in [6, 6.07) is 5.24. The van der Waals surface area contributed by atoms with E-state index in [1.165, 1.54) is 29.0 Å². The molecular formula is C20H21N5O2. The van der Waals surface area contributed by atoms with Crippen LogP contribution in [0.25, 0.3) is 5.65 Å². The Morgan fingerprint density at radius 2 is 2.07 bits per heavy atom. The van der Waals surface area contributed by atoms with Crippen molar-refractivity contribution in [1.82, 2.24) is 24.7 Å². The van der Waals surface area contributed by atoms with Crippen molar-refractivity contribution in [3.63, 3.8) is 0 Å². The number of aromatic nitrogens is 4. The van der Waals surface area contributed by atoms with Crippen LogP contribution in [0.5, 0.6) is 0 Å². The Hall–Kier alpha value is -3.09. The molecule has 4 rings (SSSR count). The van der Waals surface area contributed by atoms with Crippen LogP contribution in [-0.4, -0.2) is 31.8 Å². The van der Waals surface area contributed by atoms with Gasteiger partial charge in [-0.15, -0.1) is 0 Å². The molecule has 7 nitrogen and oxygen atoms in total. The van der Waals surface area contributed by atoms with Crippen molar-refractivity contribution in [2.24, 2.45) is 0 Å². The lowest BCUT2D eigenvalue weighted by atomic mass is 9.95. The molecule has 0 unspecified atom stereocenters. The molecule has 0 aliphatic heterocycles. The molecule has 1 amide bonds. The molecule has 3 aromatic rings. The fourth-order valence-corrected chi connectivity index (χ4v) is 3.52. The van der Waals surface area contributed by atoms with Crippen molar-refractivity contribution in [3.05, 3.63) is 69.3 Å². The van der Waals surface area contributed by atoms with Crippen LogP contribution in [-0.2, 0) is 19.3 Å². The first kappa shape index (κ1) is 17.3. The molecule has 3 heterocycles. The van der Waals surface area contributed by atoms with Gasteiger partial charge in [-0.2, -0.15) is 0 Å². The molecule has 0 fully saturated rings. The number of carbonyl (C=O) groups is 1. The number of hydrogen-bond acceptors (Lipinski definition) is 5. The summed E-state index contributed by atoms with van der Waals surface area (Å²) in [4.78, 5) is 38.2. The van der Waals surface area contributed by atoms with Crippen molar-refractivity contribution in [2.45, 2.75) is 39.0 Å². The molecule has 1 aliphatic carbocycles. The molecule has 138 valence electrons. The molecule has 27 heavy (non-hydrogen) atoms. The monoisotopic (exact) mass is 363 g/mol. The Balaban J connectivity index is 1.45. The highest BCUT2D eigenvalue weighted by atomic mass is 16.2. The average Bonchev–Trinajstić information content (AvgIpc) is 2.68. The molecule has 0 bridgehead atoms. The molecule has 0 spiro atoms. The maximum Gasteiger partial charge on any atom is 0.270 e. The third-order valence-corrected chi connectivity index (χ3v) is 4.93. The molecular weight excluding hydrogens is 342 g/mol. The van der Waals surface area contributed by atoms with Crippen molar-refractivity contribution < 1.29 is 4.79 Å². The Morgan fingerprint density at radius 3 is 2.96 bits per heavy atom. The number of pyridine rings is 1. The third kappa shape index (κ3) is 3.45. The number of rotatable bonds is 4. The van der Waals surface area contributed by atoms with Gasteiger partial charge in [0.15, 0.2) is 0 Å². The molecule has 0 saturated carbocycles. The van der Waals surface area contributed by atoms with Crippen LogP contribution in [0, 0.1) is 6.92 Å². The molecule has 3 aromatic heterocycles. The quantitative estimate of drug-likeness (QED) is 0.761. The lowest BCUT2D eigenvalue weighted by molar-refractivity contribution is 0.0952. The van der Waals surface area contributed by atoms with E-state index in [1.54, 1.807) is 24.4 Å². The average molecular weight is 363 g/mol. The minimum atomic E-state index is -0.430. The van der Waals surface area contributed by atoms with Gasteiger partial charge in [-0.3, -0.25) is 14.0 Å². The number of carbonyl (C=O) groups excluding carboxylic acids is 1. The maximum absolute atomic E-state index is 12.4. The number of nitrogens with one attached hydrogen (secondary N) is 1. The van der Waals surface area contributed by atoms with Gasteiger partial charge < -0.3 is 5.32 Å². The number of hydrogen-bond donors (Lipinski definition) is 1. The van der Waals surface area contributed by atoms with E-state index >= 15 is 0 Å². The summed E-state index contributed by atoms with van der Waals surface area (Å²) in [7, 11) is 0. The standard InChI is InChI=1S/C20H21N5O2/c1-13-14-6-2-3-7-16(14)24-17(23-13)9-10-21-19(26)15-12-22-18-8-4-5-11-25(18)20(15)27/h4-5,8,11-12H,2-3,6-7,9-10H2,1H3,(H,21,26). The van der Waals surface area contributed by atoms with E-state index in [0.717, 1.165) is 30.1 Å². The number of nitrogens with zero attached hydrogens (tertiary/aromatic N) is 4. The summed E-state index contributed by atoms with van der Waals surface area (Å²) in [5.74, 6) is 0.308. The Morgan fingerprint density at radius 1 is 1.22 bits per heavy atom. The van der Waals surface area contributed by atoms with Crippen molar-refractivity contribution >= 4 is 11.6 Å². The van der Waals surface area contributed by atoms with Gasteiger partial charge in [0.05, 0.1) is 0 Å². The second-order valence-electron chi connectivity index (χ2n) is 6.77. The fourth-order valence-electron chi connectivity index (χ4n) is 3.52. The van der Waals surface area contributed by atoms with E-state index in [0.29, 0.717) is 18.6 Å². The van der Waals surface area contributed by atoms with Gasteiger partial charge in [0.2, 0.25) is 0 Å². The zero-order valence-electron chi connectivity index (χ0n) is 15.2. The third-order valence-electron chi connectivity index (χ3n) is 4.93. The van der Waals surface area contributed by atoms with E-state index in [2.05, 4.69) is 20.3 Å². The second-order valence-corrected chi connectivity index (χ2v) is 6.77. The first-order chi connectivity index (χ1) is 13.1. The van der Waals surface area contributed by atoms with Crippen LogP contribution < -0.4 is 10.9 Å². The van der Waals surface area contributed by atoms with Crippen LogP contribution in [0.4, 0.5) is 0 Å². The van der Waals surface area contributed by atoms with Crippen molar-refractivity contribution in [3.8, 4) is 0 Å². The van der Waals surface area contributed by atoms with E-state index in [4.69, 9.17) is 0 Å². The topological polar surface area (TPSA) is 89.3 Å². The van der Waals surface area contributed by atoms with Gasteiger partial charge in [0, 0.05) is 36.7 Å². The highest BCUT2D eigenvalue weighted by Crippen LogP contribution is 2.21. The van der Waals surface area contributed by atoms with Crippen molar-refractivity contribution in [1.29, 1.82) is 0 Å². The van der Waals surface area contributed by atoms with Crippen LogP contribution in [0.1, 0.15) is 46.0 Å². The molecule has 0 atom stereocenters. The zero-order chi connectivity index (χ0) is 18.8. The maximum atomic E-state index is 12.4. The first-order valence-corrected chi connectivity index (χ1v) is 9.23. The van der Waals surface area contributed by atoms with Gasteiger partial charge in [-0.05, 0) is 50.3 Å². The fraction of sp³-hybridized carbons (Fsp3) is 0.350. The minimum Gasteiger partial charge on any atom is -0.351 e. The largest absolute Gasteiger partial charge is 0.351 e. The molecule has 1 N–H and O–H groups in total. The van der Waals surface area contributed by atoms with Crippen LogP contribution >= 0.6 is 0 Å². The number of aryl methyl sites for hydroxylation is 2. The molecule has 0 saturated heterocycles.